The number of rotatable bonds is 3. The number of Topliss-reactive ketones (excluding diaryl/α,β-unsaturated/α-hetero) is 2. The summed E-state index contributed by atoms with van der Waals surface area (Å²) in [5, 5.41) is 0.797. The number of alkyl halides is 5. The summed E-state index contributed by atoms with van der Waals surface area (Å²) in [6.45, 7) is 5.13. The number of hydrogen-bond acceptors (Lipinski definition) is 2. The second-order valence-corrected chi connectivity index (χ2v) is 11.1. The molecule has 0 bridgehead atoms. The van der Waals surface area contributed by atoms with Crippen molar-refractivity contribution in [2.75, 3.05) is 0 Å². The molecule has 154 valence electrons. The van der Waals surface area contributed by atoms with E-state index in [1.807, 2.05) is 43.3 Å². The van der Waals surface area contributed by atoms with Gasteiger partial charge in [0.25, 0.3) is 3.25 Å². The molecule has 0 atom stereocenters. The normalized spacial score (nSPS) is 10.2. The first kappa shape index (κ1) is 28.4. The standard InChI is InChI=1S/C9H8Br2O.C9H9BrO.CCl4/c1-6(12)7-2-3-8(5-10)9(11)4-7;1-6-3-4-8(7(2)11)5-9(6)10;2-1(3,4)5/h2-4H,5H2,1H3;3-5H,1-2H3;. The van der Waals surface area contributed by atoms with Crippen LogP contribution in [-0.2, 0) is 5.33 Å². The van der Waals surface area contributed by atoms with Crippen molar-refractivity contribution in [2.45, 2.75) is 29.4 Å². The maximum atomic E-state index is 11.0. The lowest BCUT2D eigenvalue weighted by atomic mass is 10.1. The highest BCUT2D eigenvalue weighted by Gasteiger charge is 2.11. The van der Waals surface area contributed by atoms with E-state index in [1.54, 1.807) is 13.8 Å². The van der Waals surface area contributed by atoms with Crippen LogP contribution in [0.2, 0.25) is 0 Å². The van der Waals surface area contributed by atoms with E-state index < -0.39 is 3.25 Å². The fraction of sp³-hybridized carbons (Fsp3) is 0.263. The van der Waals surface area contributed by atoms with Crippen LogP contribution in [0.1, 0.15) is 45.7 Å². The number of hydrogen-bond donors (Lipinski definition) is 0. The maximum Gasteiger partial charge on any atom is 0.266 e. The van der Waals surface area contributed by atoms with Gasteiger partial charge in [0.2, 0.25) is 0 Å². The highest BCUT2D eigenvalue weighted by molar-refractivity contribution is 9.11. The molecule has 2 aromatic rings. The summed E-state index contributed by atoms with van der Waals surface area (Å²) in [4.78, 5) is 21.9. The Morgan fingerprint density at radius 1 is 0.857 bits per heavy atom. The van der Waals surface area contributed by atoms with Gasteiger partial charge in [0.05, 0.1) is 0 Å². The molecule has 0 aliphatic rings. The third-order valence-electron chi connectivity index (χ3n) is 3.18. The highest BCUT2D eigenvalue weighted by atomic mass is 79.9. The molecular weight excluding hydrogens is 642 g/mol. The van der Waals surface area contributed by atoms with Crippen molar-refractivity contribution >= 4 is 106 Å². The van der Waals surface area contributed by atoms with Crippen LogP contribution in [0.5, 0.6) is 0 Å². The SMILES string of the molecule is CC(=O)c1ccc(C)c(Br)c1.CC(=O)c1ccc(CBr)c(Br)c1.ClC(Cl)(Cl)Cl. The molecule has 0 saturated carbocycles. The van der Waals surface area contributed by atoms with Gasteiger partial charge in [-0.3, -0.25) is 9.59 Å². The predicted molar refractivity (Wildman–Crippen MR) is 132 cm³/mol. The molecule has 0 fully saturated rings. The second kappa shape index (κ2) is 13.6. The van der Waals surface area contributed by atoms with E-state index in [1.165, 1.54) is 0 Å². The summed E-state index contributed by atoms with van der Waals surface area (Å²) in [5.41, 5.74) is 3.80. The zero-order valence-electron chi connectivity index (χ0n) is 15.1. The van der Waals surface area contributed by atoms with Crippen molar-refractivity contribution in [1.82, 2.24) is 0 Å². The van der Waals surface area contributed by atoms with Gasteiger partial charge in [-0.2, -0.15) is 0 Å². The molecule has 0 aromatic heterocycles. The van der Waals surface area contributed by atoms with Gasteiger partial charge in [-0.05, 0) is 44.0 Å². The van der Waals surface area contributed by atoms with Gasteiger partial charge in [0.15, 0.2) is 11.6 Å². The van der Waals surface area contributed by atoms with Crippen LogP contribution in [0.15, 0.2) is 45.3 Å². The Labute approximate surface area is 210 Å². The van der Waals surface area contributed by atoms with Crippen LogP contribution >= 0.6 is 94.2 Å². The molecule has 28 heavy (non-hydrogen) atoms. The Morgan fingerprint density at radius 3 is 1.57 bits per heavy atom. The summed E-state index contributed by atoms with van der Waals surface area (Å²) in [6.07, 6.45) is 0. The minimum atomic E-state index is -1.61. The third kappa shape index (κ3) is 12.8. The number of benzene rings is 2. The average molecular weight is 659 g/mol. The molecule has 0 amide bonds. The summed E-state index contributed by atoms with van der Waals surface area (Å²) in [6, 6.07) is 11.2. The lowest BCUT2D eigenvalue weighted by Crippen LogP contribution is -1.92. The molecule has 0 radical (unpaired) electrons. The highest BCUT2D eigenvalue weighted by Crippen LogP contribution is 2.29. The molecule has 0 heterocycles. The molecule has 2 nitrogen and oxygen atoms in total. The Hall–Kier alpha value is 0.380. The van der Waals surface area contributed by atoms with Crippen molar-refractivity contribution in [3.05, 3.63) is 67.6 Å². The summed E-state index contributed by atoms with van der Waals surface area (Å²) >= 11 is 29.4. The second-order valence-electron chi connectivity index (χ2n) is 5.44. The number of halogens is 7. The fourth-order valence-corrected chi connectivity index (χ4v) is 3.45. The largest absolute Gasteiger partial charge is 0.295 e. The topological polar surface area (TPSA) is 34.1 Å². The lowest BCUT2D eigenvalue weighted by molar-refractivity contribution is 0.100. The van der Waals surface area contributed by atoms with Crippen molar-refractivity contribution < 1.29 is 9.59 Å². The van der Waals surface area contributed by atoms with E-state index in [2.05, 4.69) is 47.8 Å². The van der Waals surface area contributed by atoms with E-state index in [4.69, 9.17) is 46.4 Å². The summed E-state index contributed by atoms with van der Waals surface area (Å²) in [5.74, 6) is 0.197. The monoisotopic (exact) mass is 654 g/mol. The van der Waals surface area contributed by atoms with Crippen LogP contribution in [0.4, 0.5) is 0 Å². The van der Waals surface area contributed by atoms with Gasteiger partial charge in [0.1, 0.15) is 0 Å². The van der Waals surface area contributed by atoms with Gasteiger partial charge in [-0.1, -0.05) is 118 Å². The molecule has 0 spiro atoms. The molecule has 9 heteroatoms. The first-order chi connectivity index (χ1) is 12.8. The first-order valence-electron chi connectivity index (χ1n) is 7.64. The quantitative estimate of drug-likeness (QED) is 0.244. The molecule has 0 saturated heterocycles. The van der Waals surface area contributed by atoms with Crippen molar-refractivity contribution in [3.63, 3.8) is 0 Å². The van der Waals surface area contributed by atoms with E-state index in [0.717, 1.165) is 36.5 Å². The molecule has 2 aromatic carbocycles. The molecule has 0 aliphatic carbocycles. The molecule has 0 unspecified atom stereocenters. The van der Waals surface area contributed by atoms with Crippen LogP contribution in [0.3, 0.4) is 0 Å². The minimum absolute atomic E-state index is 0.0943. The van der Waals surface area contributed by atoms with E-state index in [0.29, 0.717) is 0 Å². The third-order valence-corrected chi connectivity index (χ3v) is 5.38. The van der Waals surface area contributed by atoms with Crippen LogP contribution in [-0.4, -0.2) is 14.8 Å². The van der Waals surface area contributed by atoms with Crippen LogP contribution < -0.4 is 0 Å². The zero-order valence-corrected chi connectivity index (χ0v) is 22.9. The van der Waals surface area contributed by atoms with Gasteiger partial charge < -0.3 is 0 Å². The zero-order chi connectivity index (χ0) is 22.1. The molecule has 0 aliphatic heterocycles. The van der Waals surface area contributed by atoms with Crippen molar-refractivity contribution in [2.24, 2.45) is 0 Å². The number of carbonyl (C=O) groups is 2. The predicted octanol–water partition coefficient (Wildman–Crippen LogP) is 9.06. The first-order valence-corrected chi connectivity index (χ1v) is 11.9. The maximum absolute atomic E-state index is 11.0. The van der Waals surface area contributed by atoms with E-state index >= 15 is 0 Å². The fourth-order valence-electron chi connectivity index (χ4n) is 1.69. The Balaban J connectivity index is 0.000000424. The Kier molecular flexibility index (Phi) is 13.8. The van der Waals surface area contributed by atoms with Gasteiger partial charge in [-0.25, -0.2) is 0 Å². The summed E-state index contributed by atoms with van der Waals surface area (Å²) in [7, 11) is 0. The smallest absolute Gasteiger partial charge is 0.266 e. The Morgan fingerprint density at radius 2 is 1.25 bits per heavy atom. The molecule has 0 N–H and O–H groups in total. The van der Waals surface area contributed by atoms with Crippen molar-refractivity contribution in [1.29, 1.82) is 0 Å². The van der Waals surface area contributed by atoms with Crippen LogP contribution in [0.25, 0.3) is 0 Å². The van der Waals surface area contributed by atoms with Crippen LogP contribution in [0, 0.1) is 6.92 Å². The van der Waals surface area contributed by atoms with Gasteiger partial charge in [0, 0.05) is 25.4 Å². The lowest BCUT2D eigenvalue weighted by Gasteiger charge is -2.01. The number of carbonyl (C=O) groups excluding carboxylic acids is 2. The molecule has 2 rings (SSSR count). The number of ketones is 2. The van der Waals surface area contributed by atoms with Crippen molar-refractivity contribution in [3.8, 4) is 0 Å². The van der Waals surface area contributed by atoms with E-state index in [9.17, 15) is 9.59 Å². The van der Waals surface area contributed by atoms with Gasteiger partial charge in [-0.15, -0.1) is 0 Å². The minimum Gasteiger partial charge on any atom is -0.295 e. The average Bonchev–Trinajstić information content (AvgIpc) is 2.56. The molecular formula is C19H17Br3Cl4O2. The Bertz CT molecular complexity index is 815. The van der Waals surface area contributed by atoms with E-state index in [-0.39, 0.29) is 11.6 Å². The van der Waals surface area contributed by atoms with Gasteiger partial charge >= 0.3 is 0 Å². The number of aryl methyl sites for hydroxylation is 1. The summed E-state index contributed by atoms with van der Waals surface area (Å²) < 4.78 is 0.359.